The van der Waals surface area contributed by atoms with E-state index in [1.54, 1.807) is 19.1 Å². The lowest BCUT2D eigenvalue weighted by Gasteiger charge is -2.06. The van der Waals surface area contributed by atoms with Crippen molar-refractivity contribution in [2.45, 2.75) is 34.1 Å². The number of nitrogens with one attached hydrogen (secondary N) is 1. The second kappa shape index (κ2) is 7.93. The Kier molecular flexibility index (Phi) is 5.93. The van der Waals surface area contributed by atoms with Gasteiger partial charge < -0.3 is 4.74 Å². The summed E-state index contributed by atoms with van der Waals surface area (Å²) in [7, 11) is 0. The smallest absolute Gasteiger partial charge is 0.298 e. The van der Waals surface area contributed by atoms with E-state index < -0.39 is 0 Å². The zero-order valence-electron chi connectivity index (χ0n) is 14.5. The molecule has 5 nitrogen and oxygen atoms in total. The number of hydrogen-bond donors (Lipinski definition) is 1. The predicted molar refractivity (Wildman–Crippen MR) is 92.1 cm³/mol. The van der Waals surface area contributed by atoms with Crippen LogP contribution >= 0.6 is 0 Å². The highest BCUT2D eigenvalue weighted by molar-refractivity contribution is 5.94. The third-order valence-electron chi connectivity index (χ3n) is 3.86. The molecule has 5 heteroatoms. The highest BCUT2D eigenvalue weighted by atomic mass is 16.6. The van der Waals surface area contributed by atoms with Gasteiger partial charge in [-0.15, -0.1) is 0 Å². The van der Waals surface area contributed by atoms with E-state index in [-0.39, 0.29) is 5.91 Å². The SMILES string of the molecule is CCONC(=O)c1ccc2c(CC(C)C)c(C)c(OC=O)c-2cc1. The second-order valence-electron chi connectivity index (χ2n) is 6.06. The van der Waals surface area contributed by atoms with E-state index in [1.165, 1.54) is 0 Å². The lowest BCUT2D eigenvalue weighted by atomic mass is 9.98. The normalized spacial score (nSPS) is 10.9. The Hall–Kier alpha value is -2.40. The Morgan fingerprint density at radius 2 is 1.88 bits per heavy atom. The Labute approximate surface area is 142 Å². The molecule has 0 aliphatic heterocycles. The standard InChI is InChI=1S/C19H23NO4/c1-5-24-20-19(22)14-6-8-15-16(9-7-14)18(23-11-21)13(4)17(15)10-12(2)3/h6-9,11-12H,5,10H2,1-4H3,(H,20,22). The molecule has 0 fully saturated rings. The Morgan fingerprint density at radius 1 is 1.21 bits per heavy atom. The van der Waals surface area contributed by atoms with E-state index in [2.05, 4.69) is 19.3 Å². The molecule has 0 aromatic rings. The summed E-state index contributed by atoms with van der Waals surface area (Å²) >= 11 is 0. The van der Waals surface area contributed by atoms with Gasteiger partial charge in [-0.1, -0.05) is 19.9 Å². The molecule has 0 saturated carbocycles. The molecule has 0 radical (unpaired) electrons. The Morgan fingerprint density at radius 3 is 2.46 bits per heavy atom. The Bertz CT molecular complexity index is 709. The van der Waals surface area contributed by atoms with Gasteiger partial charge in [-0.25, -0.2) is 5.48 Å². The van der Waals surface area contributed by atoms with Crippen molar-refractivity contribution in [1.82, 2.24) is 5.48 Å². The summed E-state index contributed by atoms with van der Waals surface area (Å²) < 4.78 is 5.21. The summed E-state index contributed by atoms with van der Waals surface area (Å²) in [6, 6.07) is 7.17. The molecule has 128 valence electrons. The van der Waals surface area contributed by atoms with Crippen LogP contribution in [-0.4, -0.2) is 19.0 Å². The third kappa shape index (κ3) is 3.74. The minimum Gasteiger partial charge on any atom is -0.428 e. The molecule has 0 saturated heterocycles. The van der Waals surface area contributed by atoms with Crippen LogP contribution in [0.2, 0.25) is 0 Å². The van der Waals surface area contributed by atoms with Gasteiger partial charge in [0.2, 0.25) is 0 Å². The molecule has 0 aromatic heterocycles. The molecule has 24 heavy (non-hydrogen) atoms. The van der Waals surface area contributed by atoms with Crippen LogP contribution in [0.3, 0.4) is 0 Å². The first kappa shape index (κ1) is 17.9. The fourth-order valence-corrected chi connectivity index (χ4v) is 2.80. The van der Waals surface area contributed by atoms with E-state index in [1.807, 2.05) is 19.1 Å². The van der Waals surface area contributed by atoms with Crippen LogP contribution in [-0.2, 0) is 16.1 Å². The zero-order chi connectivity index (χ0) is 17.7. The monoisotopic (exact) mass is 329 g/mol. The maximum atomic E-state index is 12.1. The molecule has 2 rings (SSSR count). The van der Waals surface area contributed by atoms with Crippen LogP contribution in [0, 0.1) is 12.8 Å². The predicted octanol–water partition coefficient (Wildman–Crippen LogP) is 3.51. The number of hydrogen-bond acceptors (Lipinski definition) is 4. The Balaban J connectivity index is 2.53. The summed E-state index contributed by atoms with van der Waals surface area (Å²) in [5.41, 5.74) is 6.79. The van der Waals surface area contributed by atoms with Gasteiger partial charge in [0, 0.05) is 11.1 Å². The molecule has 0 unspecified atom stereocenters. The van der Waals surface area contributed by atoms with Gasteiger partial charge in [-0.05, 0) is 61.1 Å². The molecule has 0 atom stereocenters. The molecule has 1 N–H and O–H groups in total. The minimum atomic E-state index is -0.311. The summed E-state index contributed by atoms with van der Waals surface area (Å²) in [5, 5.41) is 0. The molecule has 0 heterocycles. The highest BCUT2D eigenvalue weighted by Crippen LogP contribution is 2.42. The fourth-order valence-electron chi connectivity index (χ4n) is 2.80. The van der Waals surface area contributed by atoms with E-state index in [9.17, 15) is 9.59 Å². The zero-order valence-corrected chi connectivity index (χ0v) is 14.5. The molecule has 0 aromatic carbocycles. The van der Waals surface area contributed by atoms with Crippen LogP contribution in [0.25, 0.3) is 11.1 Å². The van der Waals surface area contributed by atoms with Crippen molar-refractivity contribution >= 4 is 12.4 Å². The summed E-state index contributed by atoms with van der Waals surface area (Å²) in [6.07, 6.45) is 0.870. The van der Waals surface area contributed by atoms with Gasteiger partial charge >= 0.3 is 0 Å². The average Bonchev–Trinajstić information content (AvgIpc) is 2.71. The molecular formula is C19H23NO4. The molecule has 2 aliphatic carbocycles. The number of carbonyl (C=O) groups is 2. The van der Waals surface area contributed by atoms with E-state index in [0.29, 0.717) is 30.3 Å². The van der Waals surface area contributed by atoms with Gasteiger partial charge in [0.25, 0.3) is 12.4 Å². The largest absolute Gasteiger partial charge is 0.428 e. The lowest BCUT2D eigenvalue weighted by Crippen LogP contribution is -2.23. The average molecular weight is 329 g/mol. The number of amides is 1. The summed E-state index contributed by atoms with van der Waals surface area (Å²) in [4.78, 5) is 27.9. The molecule has 0 spiro atoms. The van der Waals surface area contributed by atoms with Gasteiger partial charge in [-0.3, -0.25) is 14.4 Å². The first-order valence-corrected chi connectivity index (χ1v) is 8.07. The number of ether oxygens (including phenoxy) is 1. The van der Waals surface area contributed by atoms with Crippen molar-refractivity contribution in [2.24, 2.45) is 5.92 Å². The minimum absolute atomic E-state index is 0.311. The van der Waals surface area contributed by atoms with Crippen LogP contribution in [0.5, 0.6) is 5.75 Å². The van der Waals surface area contributed by atoms with Crippen molar-refractivity contribution in [3.05, 3.63) is 41.0 Å². The van der Waals surface area contributed by atoms with Gasteiger partial charge in [-0.2, -0.15) is 0 Å². The number of rotatable bonds is 7. The van der Waals surface area contributed by atoms with E-state index >= 15 is 0 Å². The maximum Gasteiger partial charge on any atom is 0.298 e. The van der Waals surface area contributed by atoms with Gasteiger partial charge in [0.15, 0.2) is 0 Å². The van der Waals surface area contributed by atoms with Crippen LogP contribution in [0.1, 0.15) is 42.3 Å². The van der Waals surface area contributed by atoms with Crippen LogP contribution in [0.15, 0.2) is 24.3 Å². The van der Waals surface area contributed by atoms with Crippen molar-refractivity contribution in [3.8, 4) is 16.9 Å². The molecule has 0 bridgehead atoms. The first-order valence-electron chi connectivity index (χ1n) is 8.07. The van der Waals surface area contributed by atoms with Crippen molar-refractivity contribution in [1.29, 1.82) is 0 Å². The summed E-state index contributed by atoms with van der Waals surface area (Å²) in [6.45, 7) is 8.87. The maximum absolute atomic E-state index is 12.1. The summed E-state index contributed by atoms with van der Waals surface area (Å²) in [5.74, 6) is 0.710. The second-order valence-corrected chi connectivity index (χ2v) is 6.06. The quantitative estimate of drug-likeness (QED) is 0.623. The van der Waals surface area contributed by atoms with Crippen molar-refractivity contribution in [3.63, 3.8) is 0 Å². The number of hydroxylamine groups is 1. The van der Waals surface area contributed by atoms with Crippen molar-refractivity contribution < 1.29 is 19.2 Å². The van der Waals surface area contributed by atoms with E-state index in [0.717, 1.165) is 28.7 Å². The fraction of sp³-hybridized carbons (Fsp3) is 0.368. The van der Waals surface area contributed by atoms with Crippen LogP contribution in [0.4, 0.5) is 0 Å². The van der Waals surface area contributed by atoms with Gasteiger partial charge in [0.1, 0.15) is 5.75 Å². The molecular weight excluding hydrogens is 306 g/mol. The highest BCUT2D eigenvalue weighted by Gasteiger charge is 2.22. The molecule has 1 amide bonds. The molecule has 2 aliphatic rings. The lowest BCUT2D eigenvalue weighted by molar-refractivity contribution is -0.120. The first-order chi connectivity index (χ1) is 11.5. The van der Waals surface area contributed by atoms with Crippen LogP contribution < -0.4 is 10.2 Å². The topological polar surface area (TPSA) is 64.6 Å². The van der Waals surface area contributed by atoms with Crippen molar-refractivity contribution in [2.75, 3.05) is 6.61 Å². The number of fused-ring (bicyclic) bond motifs is 1. The number of carbonyl (C=O) groups excluding carboxylic acids is 2. The van der Waals surface area contributed by atoms with E-state index in [4.69, 9.17) is 9.57 Å². The van der Waals surface area contributed by atoms with Gasteiger partial charge in [0.05, 0.1) is 6.61 Å². The third-order valence-corrected chi connectivity index (χ3v) is 3.86.